The van der Waals surface area contributed by atoms with Crippen molar-refractivity contribution in [2.45, 2.75) is 26.7 Å². The summed E-state index contributed by atoms with van der Waals surface area (Å²) in [5.74, 6) is -1.17. The number of nitrogens with two attached hydrogens (primary N) is 2. The van der Waals surface area contributed by atoms with Gasteiger partial charge in [-0.15, -0.1) is 11.3 Å². The van der Waals surface area contributed by atoms with Gasteiger partial charge >= 0.3 is 5.97 Å². The van der Waals surface area contributed by atoms with Gasteiger partial charge in [0.1, 0.15) is 9.88 Å². The van der Waals surface area contributed by atoms with Crippen LogP contribution < -0.4 is 16.8 Å². The predicted octanol–water partition coefficient (Wildman–Crippen LogP) is 1.82. The van der Waals surface area contributed by atoms with Gasteiger partial charge in [0.05, 0.1) is 17.9 Å². The summed E-state index contributed by atoms with van der Waals surface area (Å²) >= 11 is 1.12. The number of nitrogen functional groups attached to an aromatic ring is 1. The lowest BCUT2D eigenvalue weighted by Gasteiger charge is -2.10. The Morgan fingerprint density at radius 2 is 2.10 bits per heavy atom. The molecule has 7 heteroatoms. The molecule has 0 radical (unpaired) electrons. The highest BCUT2D eigenvalue weighted by atomic mass is 32.1. The summed E-state index contributed by atoms with van der Waals surface area (Å²) in [6.45, 7) is 4.86. The van der Waals surface area contributed by atoms with E-state index in [0.717, 1.165) is 30.7 Å². The summed E-state index contributed by atoms with van der Waals surface area (Å²) in [5, 5.41) is 3.73. The number of nitrogens with one attached hydrogen (secondary N) is 1. The molecule has 0 bridgehead atoms. The van der Waals surface area contributed by atoms with E-state index in [2.05, 4.69) is 12.2 Å². The molecule has 0 saturated heterocycles. The number of thiophene rings is 1. The van der Waals surface area contributed by atoms with Crippen LogP contribution >= 0.6 is 11.3 Å². The number of rotatable bonds is 6. The fraction of sp³-hybridized carbons (Fsp3) is 0.538. The summed E-state index contributed by atoms with van der Waals surface area (Å²) in [6.07, 6.45) is 2.30. The minimum atomic E-state index is -0.641. The van der Waals surface area contributed by atoms with E-state index in [9.17, 15) is 9.59 Å². The summed E-state index contributed by atoms with van der Waals surface area (Å²) in [5.41, 5.74) is 11.8. The molecule has 1 saturated carbocycles. The fourth-order valence-corrected chi connectivity index (χ4v) is 2.86. The number of ether oxygens (including phenoxy) is 1. The van der Waals surface area contributed by atoms with E-state index in [-0.39, 0.29) is 28.1 Å². The average molecular weight is 297 g/mol. The van der Waals surface area contributed by atoms with Gasteiger partial charge in [-0.3, -0.25) is 4.79 Å². The zero-order valence-corrected chi connectivity index (χ0v) is 12.4. The topological polar surface area (TPSA) is 107 Å². The van der Waals surface area contributed by atoms with Gasteiger partial charge in [-0.2, -0.15) is 0 Å². The van der Waals surface area contributed by atoms with E-state index < -0.39 is 11.9 Å². The highest BCUT2D eigenvalue weighted by Gasteiger charge is 2.37. The molecule has 2 rings (SSSR count). The molecule has 1 aliphatic carbocycles. The molecule has 1 amide bonds. The number of esters is 1. The Balaban J connectivity index is 2.27. The van der Waals surface area contributed by atoms with Crippen LogP contribution in [-0.4, -0.2) is 25.0 Å². The van der Waals surface area contributed by atoms with Crippen LogP contribution in [0.15, 0.2) is 0 Å². The van der Waals surface area contributed by atoms with Gasteiger partial charge in [0, 0.05) is 6.54 Å². The van der Waals surface area contributed by atoms with E-state index in [1.807, 2.05) is 0 Å². The maximum atomic E-state index is 11.8. The third-order valence-electron chi connectivity index (χ3n) is 3.43. The van der Waals surface area contributed by atoms with Gasteiger partial charge in [-0.05, 0) is 25.2 Å². The number of hydrogen-bond acceptors (Lipinski definition) is 6. The first-order valence-corrected chi connectivity index (χ1v) is 7.32. The van der Waals surface area contributed by atoms with E-state index in [1.54, 1.807) is 6.92 Å². The third-order valence-corrected chi connectivity index (χ3v) is 4.57. The minimum Gasteiger partial charge on any atom is -0.462 e. The molecule has 1 aromatic heterocycles. The molecule has 6 nitrogen and oxygen atoms in total. The maximum Gasteiger partial charge on any atom is 0.350 e. The van der Waals surface area contributed by atoms with Crippen LogP contribution in [0.2, 0.25) is 0 Å². The van der Waals surface area contributed by atoms with Gasteiger partial charge in [0.25, 0.3) is 5.91 Å². The second-order valence-electron chi connectivity index (χ2n) is 5.30. The summed E-state index contributed by atoms with van der Waals surface area (Å²) < 4.78 is 4.93. The molecule has 1 aromatic rings. The van der Waals surface area contributed by atoms with Crippen LogP contribution in [0.3, 0.4) is 0 Å². The molecule has 0 aliphatic heterocycles. The monoisotopic (exact) mass is 297 g/mol. The van der Waals surface area contributed by atoms with Gasteiger partial charge in [-0.25, -0.2) is 4.79 Å². The molecule has 0 spiro atoms. The lowest BCUT2D eigenvalue weighted by atomic mass is 10.1. The van der Waals surface area contributed by atoms with Crippen LogP contribution in [0.4, 0.5) is 10.7 Å². The lowest BCUT2D eigenvalue weighted by molar-refractivity contribution is 0.0533. The zero-order valence-electron chi connectivity index (χ0n) is 11.6. The summed E-state index contributed by atoms with van der Waals surface area (Å²) in [4.78, 5) is 23.6. The Morgan fingerprint density at radius 1 is 1.45 bits per heavy atom. The molecule has 1 heterocycles. The number of primary amides is 1. The number of hydrogen-bond donors (Lipinski definition) is 3. The van der Waals surface area contributed by atoms with Crippen molar-refractivity contribution in [3.05, 3.63) is 10.4 Å². The number of carbonyl (C=O) groups excluding carboxylic acids is 2. The van der Waals surface area contributed by atoms with E-state index in [1.165, 1.54) is 0 Å². The molecular weight excluding hydrogens is 278 g/mol. The van der Waals surface area contributed by atoms with Crippen molar-refractivity contribution < 1.29 is 14.3 Å². The second kappa shape index (κ2) is 5.32. The first-order chi connectivity index (χ1) is 9.38. The quantitative estimate of drug-likeness (QED) is 0.694. The van der Waals surface area contributed by atoms with Crippen LogP contribution in [0.5, 0.6) is 0 Å². The van der Waals surface area contributed by atoms with Crippen LogP contribution in [0.25, 0.3) is 0 Å². The van der Waals surface area contributed by atoms with E-state index >= 15 is 0 Å². The Bertz CT molecular complexity index is 549. The summed E-state index contributed by atoms with van der Waals surface area (Å²) in [7, 11) is 0. The number of anilines is 2. The Morgan fingerprint density at radius 3 is 2.60 bits per heavy atom. The number of amides is 1. The fourth-order valence-electron chi connectivity index (χ4n) is 1.85. The third kappa shape index (κ3) is 2.87. The molecule has 1 aliphatic rings. The van der Waals surface area contributed by atoms with Crippen molar-refractivity contribution in [2.24, 2.45) is 11.1 Å². The van der Waals surface area contributed by atoms with Crippen molar-refractivity contribution in [1.82, 2.24) is 0 Å². The standard InChI is InChI=1S/C13H19N3O3S/c1-3-19-12(18)9-8(14)7(10(15)17)11(20-9)16-6-13(2)4-5-13/h16H,3-6,14H2,1-2H3,(H2,15,17). The normalized spacial score (nSPS) is 15.7. The molecular formula is C13H19N3O3S. The van der Waals surface area contributed by atoms with Crippen molar-refractivity contribution in [1.29, 1.82) is 0 Å². The molecule has 0 atom stereocenters. The molecule has 110 valence electrons. The van der Waals surface area contributed by atoms with Gasteiger partial charge in [0.2, 0.25) is 0 Å². The summed E-state index contributed by atoms with van der Waals surface area (Å²) in [6, 6.07) is 0. The minimum absolute atomic E-state index is 0.101. The SMILES string of the molecule is CCOC(=O)c1sc(NCC2(C)CC2)c(C(N)=O)c1N. The maximum absolute atomic E-state index is 11.8. The van der Waals surface area contributed by atoms with Crippen LogP contribution in [0, 0.1) is 5.41 Å². The van der Waals surface area contributed by atoms with Gasteiger partial charge in [0.15, 0.2) is 0 Å². The highest BCUT2D eigenvalue weighted by Crippen LogP contribution is 2.46. The smallest absolute Gasteiger partial charge is 0.350 e. The first-order valence-electron chi connectivity index (χ1n) is 6.51. The average Bonchev–Trinajstić information content (AvgIpc) is 3.00. The Labute approximate surface area is 121 Å². The van der Waals surface area contributed by atoms with Gasteiger partial charge < -0.3 is 21.5 Å². The Kier molecular flexibility index (Phi) is 3.89. The molecule has 1 fully saturated rings. The van der Waals surface area contributed by atoms with Gasteiger partial charge in [-0.1, -0.05) is 6.92 Å². The predicted molar refractivity (Wildman–Crippen MR) is 79.0 cm³/mol. The van der Waals surface area contributed by atoms with Crippen molar-refractivity contribution in [3.8, 4) is 0 Å². The van der Waals surface area contributed by atoms with Crippen molar-refractivity contribution >= 4 is 33.9 Å². The van der Waals surface area contributed by atoms with Crippen LogP contribution in [0.1, 0.15) is 46.7 Å². The van der Waals surface area contributed by atoms with E-state index in [4.69, 9.17) is 16.2 Å². The molecule has 20 heavy (non-hydrogen) atoms. The molecule has 0 aromatic carbocycles. The second-order valence-corrected chi connectivity index (χ2v) is 6.32. The first kappa shape index (κ1) is 14.6. The molecule has 5 N–H and O–H groups in total. The number of carbonyl (C=O) groups is 2. The van der Waals surface area contributed by atoms with E-state index in [0.29, 0.717) is 5.00 Å². The highest BCUT2D eigenvalue weighted by molar-refractivity contribution is 7.19. The van der Waals surface area contributed by atoms with Crippen LogP contribution in [-0.2, 0) is 4.74 Å². The lowest BCUT2D eigenvalue weighted by Crippen LogP contribution is -2.17. The van der Waals surface area contributed by atoms with Crippen molar-refractivity contribution in [3.63, 3.8) is 0 Å². The molecule has 0 unspecified atom stereocenters. The zero-order chi connectivity index (χ0) is 14.9. The van der Waals surface area contributed by atoms with Crippen molar-refractivity contribution in [2.75, 3.05) is 24.2 Å². The largest absolute Gasteiger partial charge is 0.462 e. The Hall–Kier alpha value is -1.76.